The zero-order chi connectivity index (χ0) is 34.7. The fourth-order valence-electron chi connectivity index (χ4n) is 5.62. The molecule has 2 aromatic carbocycles. The zero-order valence-electron chi connectivity index (χ0n) is 29.7. The number of benzene rings is 2. The van der Waals surface area contributed by atoms with Crippen molar-refractivity contribution in [2.45, 2.75) is 111 Å². The molecule has 0 aromatic heterocycles. The molecule has 0 aliphatic carbocycles. The van der Waals surface area contributed by atoms with Crippen molar-refractivity contribution in [2.75, 3.05) is 33.0 Å². The number of unbranched alkanes of at least 4 members (excludes halogenated alkanes) is 2. The smallest absolute Gasteiger partial charge is 0.405 e. The van der Waals surface area contributed by atoms with E-state index < -0.39 is 11.6 Å². The molecular weight excluding hydrogens is 582 g/mol. The summed E-state index contributed by atoms with van der Waals surface area (Å²) in [7, 11) is 0. The van der Waals surface area contributed by atoms with E-state index >= 15 is 0 Å². The van der Waals surface area contributed by atoms with Gasteiger partial charge in [-0.1, -0.05) is 68.3 Å². The van der Waals surface area contributed by atoms with Gasteiger partial charge in [0, 0.05) is 17.6 Å². The summed E-state index contributed by atoms with van der Waals surface area (Å²) in [6.45, 7) is 22.2. The number of hydrogen-bond donors (Lipinski definition) is 2. The van der Waals surface area contributed by atoms with E-state index in [-0.39, 0.29) is 42.1 Å². The Balaban J connectivity index is 0.000000341. The zero-order valence-corrected chi connectivity index (χ0v) is 29.7. The first-order valence-corrected chi connectivity index (χ1v) is 16.3. The number of carboxylic acid groups (broad SMARTS) is 1. The summed E-state index contributed by atoms with van der Waals surface area (Å²) in [4.78, 5) is 40.4. The van der Waals surface area contributed by atoms with Gasteiger partial charge in [0.2, 0.25) is 0 Å². The highest BCUT2D eigenvalue weighted by Gasteiger charge is 2.44. The standard InChI is InChI=1S/C23H38N2O2.C14H19NO4/c1-8-9-12-15-24(22(3,4)5)21(26)25-20(16-27-17-23(25,6)7)19-14-11-10-13-18(19)2;1-10-6-4-5-7-11(10)12(16)8-19-9-14(2,3)15-13(17)18/h10-11,13-14,20H,8-9,12,15-17H2,1-7H3;4-7,15H,8-9H2,1-3H3,(H,17,18). The highest BCUT2D eigenvalue weighted by molar-refractivity contribution is 5.98. The SMILES string of the molecule is CCCCCN(C(=O)N1C(c2ccccc2C)COCC1(C)C)C(C)(C)C.Cc1ccccc1C(=O)COCC(C)(C)NC(=O)O. The number of carbonyl (C=O) groups is 3. The maximum absolute atomic E-state index is 13.8. The van der Waals surface area contributed by atoms with Crippen LogP contribution in [0.25, 0.3) is 0 Å². The van der Waals surface area contributed by atoms with E-state index in [9.17, 15) is 14.4 Å². The van der Waals surface area contributed by atoms with Crippen LogP contribution < -0.4 is 5.32 Å². The Kier molecular flexibility index (Phi) is 14.3. The minimum absolute atomic E-state index is 0.0570. The lowest BCUT2D eigenvalue weighted by Crippen LogP contribution is -2.63. The van der Waals surface area contributed by atoms with Gasteiger partial charge in [-0.05, 0) is 85.4 Å². The molecule has 46 heavy (non-hydrogen) atoms. The van der Waals surface area contributed by atoms with Crippen molar-refractivity contribution in [3.63, 3.8) is 0 Å². The first kappa shape index (κ1) is 38.8. The number of ketones is 1. The van der Waals surface area contributed by atoms with Gasteiger partial charge in [-0.3, -0.25) is 4.79 Å². The summed E-state index contributed by atoms with van der Waals surface area (Å²) < 4.78 is 11.2. The van der Waals surface area contributed by atoms with Crippen LogP contribution in [0.5, 0.6) is 0 Å². The Hall–Kier alpha value is -3.43. The largest absolute Gasteiger partial charge is 0.465 e. The number of aryl methyl sites for hydroxylation is 2. The van der Waals surface area contributed by atoms with Crippen molar-refractivity contribution in [3.8, 4) is 0 Å². The Morgan fingerprint density at radius 2 is 1.61 bits per heavy atom. The van der Waals surface area contributed by atoms with Crippen LogP contribution in [-0.2, 0) is 9.47 Å². The molecule has 3 amide bonds. The highest BCUT2D eigenvalue weighted by Crippen LogP contribution is 2.36. The molecule has 0 bridgehead atoms. The summed E-state index contributed by atoms with van der Waals surface area (Å²) >= 11 is 0. The number of ether oxygens (including phenoxy) is 2. The predicted molar refractivity (Wildman–Crippen MR) is 184 cm³/mol. The van der Waals surface area contributed by atoms with Gasteiger partial charge in [-0.2, -0.15) is 0 Å². The Morgan fingerprint density at radius 1 is 1.00 bits per heavy atom. The number of nitrogens with one attached hydrogen (secondary N) is 1. The summed E-state index contributed by atoms with van der Waals surface area (Å²) in [5.41, 5.74) is 2.63. The van der Waals surface area contributed by atoms with E-state index in [0.29, 0.717) is 18.8 Å². The van der Waals surface area contributed by atoms with Crippen molar-refractivity contribution < 1.29 is 29.0 Å². The summed E-state index contributed by atoms with van der Waals surface area (Å²) in [6, 6.07) is 15.7. The molecule has 256 valence electrons. The topological polar surface area (TPSA) is 108 Å². The van der Waals surface area contributed by atoms with Crippen molar-refractivity contribution in [1.82, 2.24) is 15.1 Å². The molecule has 1 heterocycles. The molecule has 1 atom stereocenters. The molecule has 1 unspecified atom stereocenters. The molecule has 9 heteroatoms. The first-order chi connectivity index (χ1) is 21.4. The second-order valence-corrected chi connectivity index (χ2v) is 14.4. The first-order valence-electron chi connectivity index (χ1n) is 16.3. The molecule has 1 aliphatic rings. The van der Waals surface area contributed by atoms with Crippen LogP contribution in [0.2, 0.25) is 0 Å². The van der Waals surface area contributed by atoms with Gasteiger partial charge in [0.25, 0.3) is 0 Å². The number of morpholine rings is 1. The average Bonchev–Trinajstić information content (AvgIpc) is 2.94. The number of hydrogen-bond acceptors (Lipinski definition) is 5. The molecule has 2 aromatic rings. The molecule has 1 aliphatic heterocycles. The van der Waals surface area contributed by atoms with E-state index in [1.165, 1.54) is 11.1 Å². The minimum Gasteiger partial charge on any atom is -0.465 e. The van der Waals surface area contributed by atoms with Crippen molar-refractivity contribution >= 4 is 17.9 Å². The van der Waals surface area contributed by atoms with E-state index in [2.05, 4.69) is 81.8 Å². The quantitative estimate of drug-likeness (QED) is 0.192. The number of carbonyl (C=O) groups excluding carboxylic acids is 2. The van der Waals surface area contributed by atoms with Gasteiger partial charge >= 0.3 is 12.1 Å². The molecule has 2 N–H and O–H groups in total. The third-order valence-corrected chi connectivity index (χ3v) is 8.06. The molecule has 1 saturated heterocycles. The van der Waals surface area contributed by atoms with Crippen LogP contribution in [0.15, 0.2) is 48.5 Å². The molecule has 0 radical (unpaired) electrons. The Bertz CT molecular complexity index is 1300. The van der Waals surface area contributed by atoms with Crippen LogP contribution in [0.4, 0.5) is 9.59 Å². The Labute approximate surface area is 276 Å². The summed E-state index contributed by atoms with van der Waals surface area (Å²) in [5.74, 6) is -0.107. The van der Waals surface area contributed by atoms with Gasteiger partial charge in [0.05, 0.1) is 36.9 Å². The van der Waals surface area contributed by atoms with Crippen molar-refractivity contribution in [2.24, 2.45) is 0 Å². The van der Waals surface area contributed by atoms with E-state index in [4.69, 9.17) is 14.6 Å². The van der Waals surface area contributed by atoms with Gasteiger partial charge in [-0.25, -0.2) is 9.59 Å². The summed E-state index contributed by atoms with van der Waals surface area (Å²) in [6.07, 6.45) is 2.23. The van der Waals surface area contributed by atoms with Crippen molar-refractivity contribution in [3.05, 3.63) is 70.8 Å². The predicted octanol–water partition coefficient (Wildman–Crippen LogP) is 7.80. The molecule has 0 spiro atoms. The molecular formula is C37H57N3O6. The fourth-order valence-corrected chi connectivity index (χ4v) is 5.62. The highest BCUT2D eigenvalue weighted by atomic mass is 16.5. The van der Waals surface area contributed by atoms with Gasteiger partial charge in [-0.15, -0.1) is 0 Å². The second kappa shape index (κ2) is 16.9. The van der Waals surface area contributed by atoms with E-state index in [1.807, 2.05) is 25.1 Å². The normalized spacial score (nSPS) is 16.2. The maximum atomic E-state index is 13.8. The van der Waals surface area contributed by atoms with Gasteiger partial charge < -0.3 is 29.7 Å². The molecule has 9 nitrogen and oxygen atoms in total. The Morgan fingerprint density at radius 3 is 2.17 bits per heavy atom. The van der Waals surface area contributed by atoms with Gasteiger partial charge in [0.1, 0.15) is 6.61 Å². The lowest BCUT2D eigenvalue weighted by molar-refractivity contribution is -0.0762. The third kappa shape index (κ3) is 11.4. The van der Waals surface area contributed by atoms with E-state index in [1.54, 1.807) is 26.0 Å². The minimum atomic E-state index is -1.11. The molecule has 3 rings (SSSR count). The van der Waals surface area contributed by atoms with Crippen LogP contribution in [0.1, 0.15) is 108 Å². The number of Topliss-reactive ketones (excluding diaryl/α,β-unsaturated/α-hetero) is 1. The van der Waals surface area contributed by atoms with Gasteiger partial charge in [0.15, 0.2) is 5.78 Å². The van der Waals surface area contributed by atoms with Crippen LogP contribution >= 0.6 is 0 Å². The van der Waals surface area contributed by atoms with E-state index in [0.717, 1.165) is 31.4 Å². The molecule has 1 fully saturated rings. The number of rotatable bonds is 11. The lowest BCUT2D eigenvalue weighted by atomic mass is 9.92. The van der Waals surface area contributed by atoms with Crippen LogP contribution in [0.3, 0.4) is 0 Å². The lowest BCUT2D eigenvalue weighted by Gasteiger charge is -2.51. The van der Waals surface area contributed by atoms with Crippen LogP contribution in [-0.4, -0.2) is 82.4 Å². The number of urea groups is 1. The molecule has 0 saturated carbocycles. The number of amides is 3. The average molecular weight is 640 g/mol. The van der Waals surface area contributed by atoms with Crippen molar-refractivity contribution in [1.29, 1.82) is 0 Å². The van der Waals surface area contributed by atoms with Crippen LogP contribution in [0, 0.1) is 13.8 Å². The number of nitrogens with zero attached hydrogens (tertiary/aromatic N) is 2. The third-order valence-electron chi connectivity index (χ3n) is 8.06. The maximum Gasteiger partial charge on any atom is 0.405 e. The summed E-state index contributed by atoms with van der Waals surface area (Å²) in [5, 5.41) is 11.0. The monoisotopic (exact) mass is 639 g/mol. The second-order valence-electron chi connectivity index (χ2n) is 14.4. The fraction of sp³-hybridized carbons (Fsp3) is 0.595.